The molecule has 0 fully saturated rings. The van der Waals surface area contributed by atoms with Crippen molar-refractivity contribution in [3.8, 4) is 0 Å². The maximum Gasteiger partial charge on any atom is 0.239 e. The molecule has 1 aromatic rings. The SMILES string of the molecule is CC(=O)c1sccc1NC(=O)CCl. The molecular formula is C8H8ClNO2S. The quantitative estimate of drug-likeness (QED) is 0.623. The first-order valence-electron chi connectivity index (χ1n) is 3.59. The molecule has 0 saturated carbocycles. The second-order valence-corrected chi connectivity index (χ2v) is 3.58. The van der Waals surface area contributed by atoms with Crippen LogP contribution in [0.25, 0.3) is 0 Å². The van der Waals surface area contributed by atoms with Gasteiger partial charge in [0.15, 0.2) is 5.78 Å². The molecule has 0 bridgehead atoms. The first kappa shape index (κ1) is 10.2. The van der Waals surface area contributed by atoms with Crippen molar-refractivity contribution in [3.63, 3.8) is 0 Å². The number of rotatable bonds is 3. The van der Waals surface area contributed by atoms with Crippen molar-refractivity contribution in [1.29, 1.82) is 0 Å². The summed E-state index contributed by atoms with van der Waals surface area (Å²) in [5, 5.41) is 4.29. The molecule has 70 valence electrons. The number of carbonyl (C=O) groups excluding carboxylic acids is 2. The standard InChI is InChI=1S/C8H8ClNO2S/c1-5(11)8-6(2-3-13-8)10-7(12)4-9/h2-3H,4H2,1H3,(H,10,12). The topological polar surface area (TPSA) is 46.2 Å². The first-order valence-corrected chi connectivity index (χ1v) is 5.01. The molecule has 1 N–H and O–H groups in total. The molecule has 0 saturated heterocycles. The Balaban J connectivity index is 2.82. The van der Waals surface area contributed by atoms with Gasteiger partial charge in [-0.05, 0) is 11.4 Å². The van der Waals surface area contributed by atoms with Gasteiger partial charge >= 0.3 is 0 Å². The highest BCUT2D eigenvalue weighted by Gasteiger charge is 2.10. The predicted molar refractivity (Wildman–Crippen MR) is 53.7 cm³/mol. The highest BCUT2D eigenvalue weighted by Crippen LogP contribution is 2.22. The summed E-state index contributed by atoms with van der Waals surface area (Å²) < 4.78 is 0. The maximum atomic E-state index is 11.0. The lowest BCUT2D eigenvalue weighted by molar-refractivity contribution is -0.113. The van der Waals surface area contributed by atoms with Crippen LogP contribution in [0.4, 0.5) is 5.69 Å². The Morgan fingerprint density at radius 1 is 1.62 bits per heavy atom. The fourth-order valence-electron chi connectivity index (χ4n) is 0.864. The number of nitrogens with one attached hydrogen (secondary N) is 1. The fraction of sp³-hybridized carbons (Fsp3) is 0.250. The van der Waals surface area contributed by atoms with Crippen molar-refractivity contribution in [3.05, 3.63) is 16.3 Å². The lowest BCUT2D eigenvalue weighted by Crippen LogP contribution is -2.13. The summed E-state index contributed by atoms with van der Waals surface area (Å²) in [6, 6.07) is 1.69. The van der Waals surface area contributed by atoms with Gasteiger partial charge in [0.2, 0.25) is 5.91 Å². The van der Waals surface area contributed by atoms with Crippen molar-refractivity contribution in [2.75, 3.05) is 11.2 Å². The van der Waals surface area contributed by atoms with E-state index in [0.717, 1.165) is 0 Å². The first-order chi connectivity index (χ1) is 6.15. The number of amides is 1. The average Bonchev–Trinajstić information content (AvgIpc) is 2.52. The van der Waals surface area contributed by atoms with E-state index in [1.165, 1.54) is 18.3 Å². The Kier molecular flexibility index (Phi) is 3.45. The van der Waals surface area contributed by atoms with Gasteiger partial charge in [0, 0.05) is 6.92 Å². The number of Topliss-reactive ketones (excluding diaryl/α,β-unsaturated/α-hetero) is 1. The summed E-state index contributed by atoms with van der Waals surface area (Å²) in [7, 11) is 0. The van der Waals surface area contributed by atoms with Gasteiger partial charge in [-0.15, -0.1) is 22.9 Å². The van der Waals surface area contributed by atoms with Gasteiger partial charge in [0.1, 0.15) is 5.88 Å². The van der Waals surface area contributed by atoms with E-state index in [-0.39, 0.29) is 17.6 Å². The second-order valence-electron chi connectivity index (χ2n) is 2.40. The average molecular weight is 218 g/mol. The Bertz CT molecular complexity index is 335. The van der Waals surface area contributed by atoms with Crippen molar-refractivity contribution >= 4 is 40.3 Å². The zero-order chi connectivity index (χ0) is 9.84. The van der Waals surface area contributed by atoms with Crippen LogP contribution in [0.5, 0.6) is 0 Å². The minimum atomic E-state index is -0.303. The molecule has 0 aliphatic heterocycles. The number of hydrogen-bond donors (Lipinski definition) is 1. The van der Waals surface area contributed by atoms with Crippen molar-refractivity contribution in [2.45, 2.75) is 6.92 Å². The smallest absolute Gasteiger partial charge is 0.239 e. The Morgan fingerprint density at radius 2 is 2.31 bits per heavy atom. The third kappa shape index (κ3) is 2.54. The third-order valence-corrected chi connectivity index (χ3v) is 2.64. The van der Waals surface area contributed by atoms with Crippen LogP contribution in [0, 0.1) is 0 Å². The van der Waals surface area contributed by atoms with Gasteiger partial charge in [-0.3, -0.25) is 9.59 Å². The van der Waals surface area contributed by atoms with E-state index in [0.29, 0.717) is 10.6 Å². The number of hydrogen-bond acceptors (Lipinski definition) is 3. The fourth-order valence-corrected chi connectivity index (χ4v) is 1.68. The minimum Gasteiger partial charge on any atom is -0.324 e. The Labute approximate surface area is 84.7 Å². The Hall–Kier alpha value is -0.870. The van der Waals surface area contributed by atoms with E-state index >= 15 is 0 Å². The number of carbonyl (C=O) groups is 2. The molecule has 0 aliphatic rings. The van der Waals surface area contributed by atoms with Crippen molar-refractivity contribution < 1.29 is 9.59 Å². The van der Waals surface area contributed by atoms with Gasteiger partial charge in [-0.2, -0.15) is 0 Å². The number of alkyl halides is 1. The molecule has 1 rings (SSSR count). The largest absolute Gasteiger partial charge is 0.324 e. The van der Waals surface area contributed by atoms with Gasteiger partial charge in [-0.1, -0.05) is 0 Å². The molecule has 0 aromatic carbocycles. The molecule has 13 heavy (non-hydrogen) atoms. The maximum absolute atomic E-state index is 11.0. The Morgan fingerprint density at radius 3 is 2.85 bits per heavy atom. The van der Waals surface area contributed by atoms with Crippen molar-refractivity contribution in [2.24, 2.45) is 0 Å². The van der Waals surface area contributed by atoms with Crippen LogP contribution < -0.4 is 5.32 Å². The van der Waals surface area contributed by atoms with E-state index in [1.54, 1.807) is 11.4 Å². The lowest BCUT2D eigenvalue weighted by atomic mass is 10.3. The van der Waals surface area contributed by atoms with Crippen LogP contribution in [0.3, 0.4) is 0 Å². The predicted octanol–water partition coefficient (Wildman–Crippen LogP) is 2.13. The molecule has 5 heteroatoms. The van der Waals surface area contributed by atoms with Gasteiger partial charge < -0.3 is 5.32 Å². The highest BCUT2D eigenvalue weighted by atomic mass is 35.5. The van der Waals surface area contributed by atoms with Crippen LogP contribution in [0.15, 0.2) is 11.4 Å². The zero-order valence-electron chi connectivity index (χ0n) is 6.96. The lowest BCUT2D eigenvalue weighted by Gasteiger charge is -2.01. The summed E-state index contributed by atoms with van der Waals surface area (Å²) >= 11 is 6.61. The molecule has 1 aromatic heterocycles. The summed E-state index contributed by atoms with van der Waals surface area (Å²) in [5.74, 6) is -0.463. The molecule has 0 radical (unpaired) electrons. The monoisotopic (exact) mass is 217 g/mol. The number of thiophene rings is 1. The third-order valence-electron chi connectivity index (χ3n) is 1.38. The van der Waals surface area contributed by atoms with E-state index in [4.69, 9.17) is 11.6 Å². The van der Waals surface area contributed by atoms with Gasteiger partial charge in [-0.25, -0.2) is 0 Å². The van der Waals surface area contributed by atoms with E-state index in [1.807, 2.05) is 0 Å². The summed E-state index contributed by atoms with van der Waals surface area (Å²) in [6.45, 7) is 1.46. The molecule has 1 heterocycles. The van der Waals surface area contributed by atoms with Gasteiger partial charge in [0.25, 0.3) is 0 Å². The molecule has 0 unspecified atom stereocenters. The number of halogens is 1. The molecular weight excluding hydrogens is 210 g/mol. The molecule has 0 atom stereocenters. The highest BCUT2D eigenvalue weighted by molar-refractivity contribution is 7.12. The van der Waals surface area contributed by atoms with Crippen LogP contribution in [0.1, 0.15) is 16.6 Å². The van der Waals surface area contributed by atoms with Crippen LogP contribution in [-0.4, -0.2) is 17.6 Å². The molecule has 3 nitrogen and oxygen atoms in total. The van der Waals surface area contributed by atoms with Gasteiger partial charge in [0.05, 0.1) is 10.6 Å². The summed E-state index contributed by atoms with van der Waals surface area (Å²) in [6.07, 6.45) is 0. The zero-order valence-corrected chi connectivity index (χ0v) is 8.54. The molecule has 0 spiro atoms. The van der Waals surface area contributed by atoms with E-state index in [2.05, 4.69) is 5.32 Å². The van der Waals surface area contributed by atoms with Crippen molar-refractivity contribution in [1.82, 2.24) is 0 Å². The number of anilines is 1. The van der Waals surface area contributed by atoms with Crippen LogP contribution in [0.2, 0.25) is 0 Å². The van der Waals surface area contributed by atoms with E-state index in [9.17, 15) is 9.59 Å². The minimum absolute atomic E-state index is 0.0557. The second kappa shape index (κ2) is 4.39. The normalized spacial score (nSPS) is 9.69. The molecule has 0 aliphatic carbocycles. The van der Waals surface area contributed by atoms with Crippen LogP contribution in [-0.2, 0) is 4.79 Å². The summed E-state index contributed by atoms with van der Waals surface area (Å²) in [5.41, 5.74) is 0.545. The number of ketones is 1. The van der Waals surface area contributed by atoms with E-state index < -0.39 is 0 Å². The van der Waals surface area contributed by atoms with Crippen LogP contribution >= 0.6 is 22.9 Å². The molecule has 1 amide bonds. The summed E-state index contributed by atoms with van der Waals surface area (Å²) in [4.78, 5) is 22.5.